The highest BCUT2D eigenvalue weighted by Crippen LogP contribution is 2.25. The van der Waals surface area contributed by atoms with Gasteiger partial charge in [0.25, 0.3) is 5.69 Å². The highest BCUT2D eigenvalue weighted by Gasteiger charge is 2.30. The number of sulfonamides is 1. The Morgan fingerprint density at radius 1 is 1.45 bits per heavy atom. The van der Waals surface area contributed by atoms with Crippen molar-refractivity contribution in [2.45, 2.75) is 17.7 Å². The van der Waals surface area contributed by atoms with Crippen molar-refractivity contribution >= 4 is 15.7 Å². The number of nitrogens with zero attached hydrogens (tertiary/aromatic N) is 2. The van der Waals surface area contributed by atoms with Crippen LogP contribution >= 0.6 is 0 Å². The maximum Gasteiger partial charge on any atom is 0.270 e. The van der Waals surface area contributed by atoms with Crippen LogP contribution in [0.3, 0.4) is 0 Å². The number of nitro groups is 1. The minimum Gasteiger partial charge on any atom is -0.330 e. The molecule has 1 fully saturated rings. The van der Waals surface area contributed by atoms with Crippen LogP contribution in [0.4, 0.5) is 5.69 Å². The third kappa shape index (κ3) is 2.97. The van der Waals surface area contributed by atoms with E-state index in [-0.39, 0.29) is 16.5 Å². The van der Waals surface area contributed by atoms with E-state index in [1.807, 2.05) is 0 Å². The van der Waals surface area contributed by atoms with Crippen molar-refractivity contribution in [2.75, 3.05) is 19.6 Å². The van der Waals surface area contributed by atoms with Crippen LogP contribution in [0.2, 0.25) is 0 Å². The Hall–Kier alpha value is -1.51. The highest BCUT2D eigenvalue weighted by atomic mass is 32.2. The zero-order valence-electron chi connectivity index (χ0n) is 10.9. The van der Waals surface area contributed by atoms with Crippen LogP contribution < -0.4 is 5.73 Å². The predicted molar refractivity (Wildman–Crippen MR) is 73.6 cm³/mol. The molecular formula is C12H17N3O4S. The first-order chi connectivity index (χ1) is 9.45. The van der Waals surface area contributed by atoms with Crippen LogP contribution in [0.15, 0.2) is 29.2 Å². The Morgan fingerprint density at radius 2 is 2.20 bits per heavy atom. The zero-order valence-corrected chi connectivity index (χ0v) is 11.8. The molecule has 110 valence electrons. The fourth-order valence-electron chi connectivity index (χ4n) is 2.34. The minimum absolute atomic E-state index is 0.0376. The maximum absolute atomic E-state index is 12.5. The molecule has 0 amide bonds. The number of benzene rings is 1. The fraction of sp³-hybridized carbons (Fsp3) is 0.500. The van der Waals surface area contributed by atoms with Crippen molar-refractivity contribution < 1.29 is 13.3 Å². The number of nitrogens with two attached hydrogens (primary N) is 1. The quantitative estimate of drug-likeness (QED) is 0.658. The highest BCUT2D eigenvalue weighted by molar-refractivity contribution is 7.89. The van der Waals surface area contributed by atoms with Gasteiger partial charge in [0, 0.05) is 25.2 Å². The zero-order chi connectivity index (χ0) is 14.8. The van der Waals surface area contributed by atoms with Gasteiger partial charge in [-0.05, 0) is 31.4 Å². The molecule has 2 rings (SSSR count). The first-order valence-electron chi connectivity index (χ1n) is 6.40. The van der Waals surface area contributed by atoms with E-state index in [9.17, 15) is 18.5 Å². The van der Waals surface area contributed by atoms with Gasteiger partial charge in [0.1, 0.15) is 0 Å². The Labute approximate surface area is 117 Å². The van der Waals surface area contributed by atoms with Gasteiger partial charge in [-0.25, -0.2) is 8.42 Å². The summed E-state index contributed by atoms with van der Waals surface area (Å²) < 4.78 is 26.3. The second-order valence-electron chi connectivity index (χ2n) is 4.86. The fourth-order valence-corrected chi connectivity index (χ4v) is 3.94. The largest absolute Gasteiger partial charge is 0.330 e. The molecular weight excluding hydrogens is 282 g/mol. The monoisotopic (exact) mass is 299 g/mol. The summed E-state index contributed by atoms with van der Waals surface area (Å²) >= 11 is 0. The topological polar surface area (TPSA) is 107 Å². The van der Waals surface area contributed by atoms with Gasteiger partial charge in [0.15, 0.2) is 0 Å². The van der Waals surface area contributed by atoms with Gasteiger partial charge in [0.05, 0.1) is 9.82 Å². The van der Waals surface area contributed by atoms with Gasteiger partial charge in [-0.1, -0.05) is 6.07 Å². The smallest absolute Gasteiger partial charge is 0.270 e. The van der Waals surface area contributed by atoms with Crippen molar-refractivity contribution in [3.63, 3.8) is 0 Å². The van der Waals surface area contributed by atoms with E-state index in [4.69, 9.17) is 5.73 Å². The summed E-state index contributed by atoms with van der Waals surface area (Å²) in [6.07, 6.45) is 1.67. The molecule has 1 heterocycles. The number of rotatable bonds is 4. The molecule has 0 saturated carbocycles. The van der Waals surface area contributed by atoms with Crippen LogP contribution in [0.1, 0.15) is 12.8 Å². The molecule has 1 saturated heterocycles. The van der Waals surface area contributed by atoms with Crippen LogP contribution in [0.25, 0.3) is 0 Å². The summed E-state index contributed by atoms with van der Waals surface area (Å²) in [6.45, 7) is 1.25. The van der Waals surface area contributed by atoms with Gasteiger partial charge in [-0.15, -0.1) is 0 Å². The first-order valence-corrected chi connectivity index (χ1v) is 7.84. The third-order valence-corrected chi connectivity index (χ3v) is 5.34. The van der Waals surface area contributed by atoms with E-state index in [0.717, 1.165) is 18.9 Å². The van der Waals surface area contributed by atoms with E-state index in [1.165, 1.54) is 22.5 Å². The maximum atomic E-state index is 12.5. The van der Waals surface area contributed by atoms with E-state index in [0.29, 0.717) is 19.6 Å². The van der Waals surface area contributed by atoms with Crippen LogP contribution in [-0.2, 0) is 10.0 Å². The summed E-state index contributed by atoms with van der Waals surface area (Å²) in [4.78, 5) is 10.1. The second kappa shape index (κ2) is 5.86. The van der Waals surface area contributed by atoms with Crippen LogP contribution in [-0.4, -0.2) is 37.3 Å². The molecule has 1 aliphatic rings. The Kier molecular flexibility index (Phi) is 4.36. The summed E-state index contributed by atoms with van der Waals surface area (Å²) in [6, 6.07) is 5.14. The van der Waals surface area contributed by atoms with Gasteiger partial charge in [-0.2, -0.15) is 4.31 Å². The number of hydrogen-bond acceptors (Lipinski definition) is 5. The van der Waals surface area contributed by atoms with Crippen molar-refractivity contribution in [3.05, 3.63) is 34.4 Å². The lowest BCUT2D eigenvalue weighted by Gasteiger charge is -2.31. The number of non-ortho nitro benzene ring substituents is 1. The second-order valence-corrected chi connectivity index (χ2v) is 6.80. The lowest BCUT2D eigenvalue weighted by Crippen LogP contribution is -2.41. The number of piperidine rings is 1. The Balaban J connectivity index is 2.30. The van der Waals surface area contributed by atoms with E-state index >= 15 is 0 Å². The number of nitro benzene ring substituents is 1. The summed E-state index contributed by atoms with van der Waals surface area (Å²) in [5.74, 6) is 0.150. The Bertz CT molecular complexity index is 602. The summed E-state index contributed by atoms with van der Waals surface area (Å²) in [7, 11) is -3.69. The molecule has 0 radical (unpaired) electrons. The van der Waals surface area contributed by atoms with E-state index < -0.39 is 14.9 Å². The van der Waals surface area contributed by atoms with Gasteiger partial charge >= 0.3 is 0 Å². The molecule has 1 atom stereocenters. The van der Waals surface area contributed by atoms with Crippen LogP contribution in [0, 0.1) is 16.0 Å². The molecule has 8 heteroatoms. The van der Waals surface area contributed by atoms with Crippen molar-refractivity contribution in [1.82, 2.24) is 4.31 Å². The first kappa shape index (κ1) is 14.9. The summed E-state index contributed by atoms with van der Waals surface area (Å²) in [5, 5.41) is 10.7. The molecule has 2 N–H and O–H groups in total. The molecule has 1 aromatic carbocycles. The molecule has 0 aromatic heterocycles. The van der Waals surface area contributed by atoms with E-state index in [1.54, 1.807) is 0 Å². The molecule has 1 unspecified atom stereocenters. The average Bonchev–Trinajstić information content (AvgIpc) is 2.47. The molecule has 0 spiro atoms. The molecule has 20 heavy (non-hydrogen) atoms. The third-order valence-electron chi connectivity index (χ3n) is 3.48. The van der Waals surface area contributed by atoms with Gasteiger partial charge in [0.2, 0.25) is 10.0 Å². The van der Waals surface area contributed by atoms with E-state index in [2.05, 4.69) is 0 Å². The Morgan fingerprint density at radius 3 is 2.85 bits per heavy atom. The molecule has 1 aliphatic heterocycles. The van der Waals surface area contributed by atoms with Crippen molar-refractivity contribution in [2.24, 2.45) is 11.7 Å². The molecule has 0 aliphatic carbocycles. The summed E-state index contributed by atoms with van der Waals surface area (Å²) in [5.41, 5.74) is 5.38. The SMILES string of the molecule is NCC1CCCN(S(=O)(=O)c2cccc([N+](=O)[O-])c2)C1. The normalized spacial score (nSPS) is 20.8. The van der Waals surface area contributed by atoms with Crippen molar-refractivity contribution in [3.8, 4) is 0 Å². The standard InChI is InChI=1S/C12H17N3O4S/c13-8-10-3-2-6-14(9-10)20(18,19)12-5-1-4-11(7-12)15(16)17/h1,4-5,7,10H,2-3,6,8-9,13H2. The lowest BCUT2D eigenvalue weighted by atomic mass is 10.0. The minimum atomic E-state index is -3.69. The predicted octanol–water partition coefficient (Wildman–Crippen LogP) is 0.954. The molecule has 1 aromatic rings. The molecule has 7 nitrogen and oxygen atoms in total. The number of hydrogen-bond donors (Lipinski definition) is 1. The van der Waals surface area contributed by atoms with Gasteiger partial charge in [-0.3, -0.25) is 10.1 Å². The van der Waals surface area contributed by atoms with Crippen LogP contribution in [0.5, 0.6) is 0 Å². The lowest BCUT2D eigenvalue weighted by molar-refractivity contribution is -0.385. The average molecular weight is 299 g/mol. The van der Waals surface area contributed by atoms with Gasteiger partial charge < -0.3 is 5.73 Å². The van der Waals surface area contributed by atoms with Crippen molar-refractivity contribution in [1.29, 1.82) is 0 Å². The molecule has 0 bridgehead atoms.